The summed E-state index contributed by atoms with van der Waals surface area (Å²) in [5.41, 5.74) is 0. The van der Waals surface area contributed by atoms with E-state index in [0.29, 0.717) is 13.1 Å². The molecular formula is C11H11Cl2N3O2S. The van der Waals surface area contributed by atoms with E-state index in [1.165, 1.54) is 18.2 Å². The van der Waals surface area contributed by atoms with Crippen LogP contribution in [0.5, 0.6) is 0 Å². The number of nitrogens with one attached hydrogen (secondary N) is 1. The van der Waals surface area contributed by atoms with Crippen LogP contribution >= 0.6 is 23.2 Å². The third kappa shape index (κ3) is 2.86. The van der Waals surface area contributed by atoms with Gasteiger partial charge in [-0.2, -0.15) is 9.57 Å². The number of hydrogen-bond donors (Lipinski definition) is 1. The molecule has 102 valence electrons. The van der Waals surface area contributed by atoms with Crippen LogP contribution in [0.1, 0.15) is 0 Å². The van der Waals surface area contributed by atoms with Crippen molar-refractivity contribution in [1.29, 1.82) is 5.26 Å². The Morgan fingerprint density at radius 2 is 2.16 bits per heavy atom. The molecule has 0 amide bonds. The van der Waals surface area contributed by atoms with Crippen LogP contribution in [0.25, 0.3) is 0 Å². The first-order valence-electron chi connectivity index (χ1n) is 5.54. The summed E-state index contributed by atoms with van der Waals surface area (Å²) in [6.45, 7) is 1.02. The van der Waals surface area contributed by atoms with Gasteiger partial charge in [0.2, 0.25) is 10.0 Å². The van der Waals surface area contributed by atoms with Crippen molar-refractivity contribution in [1.82, 2.24) is 9.62 Å². The highest BCUT2D eigenvalue weighted by atomic mass is 35.5. The summed E-state index contributed by atoms with van der Waals surface area (Å²) in [7, 11) is -3.82. The second-order valence-corrected chi connectivity index (χ2v) is 6.74. The molecule has 1 saturated heterocycles. The highest BCUT2D eigenvalue weighted by molar-refractivity contribution is 7.89. The summed E-state index contributed by atoms with van der Waals surface area (Å²) < 4.78 is 26.2. The van der Waals surface area contributed by atoms with E-state index in [2.05, 4.69) is 5.32 Å². The standard InChI is InChI=1S/C11H11Cl2N3O2S/c12-8-1-2-10(13)11(5-8)19(17,18)16-4-3-15-7-9(16)6-14/h1-2,5,9,15H,3-4,7H2. The molecule has 1 N–H and O–H groups in total. The minimum absolute atomic E-state index is 0.0659. The van der Waals surface area contributed by atoms with Crippen molar-refractivity contribution in [2.75, 3.05) is 19.6 Å². The van der Waals surface area contributed by atoms with E-state index in [0.717, 1.165) is 4.31 Å². The van der Waals surface area contributed by atoms with Gasteiger partial charge in [0.05, 0.1) is 11.1 Å². The monoisotopic (exact) mass is 319 g/mol. The SMILES string of the molecule is N#CC1CNCCN1S(=O)(=O)c1cc(Cl)ccc1Cl. The van der Waals surface area contributed by atoms with Crippen molar-refractivity contribution in [2.24, 2.45) is 0 Å². The van der Waals surface area contributed by atoms with Crippen molar-refractivity contribution in [3.8, 4) is 6.07 Å². The van der Waals surface area contributed by atoms with Gasteiger partial charge in [-0.3, -0.25) is 0 Å². The molecule has 1 aromatic carbocycles. The van der Waals surface area contributed by atoms with Crippen LogP contribution in [0, 0.1) is 11.3 Å². The van der Waals surface area contributed by atoms with Gasteiger partial charge in [-0.25, -0.2) is 8.42 Å². The van der Waals surface area contributed by atoms with Crippen molar-refractivity contribution in [2.45, 2.75) is 10.9 Å². The van der Waals surface area contributed by atoms with E-state index in [9.17, 15) is 8.42 Å². The Morgan fingerprint density at radius 3 is 2.84 bits per heavy atom. The van der Waals surface area contributed by atoms with Crippen LogP contribution < -0.4 is 5.32 Å². The summed E-state index contributed by atoms with van der Waals surface area (Å²) >= 11 is 11.7. The van der Waals surface area contributed by atoms with Gasteiger partial charge >= 0.3 is 0 Å². The Morgan fingerprint density at radius 1 is 1.42 bits per heavy atom. The first-order valence-corrected chi connectivity index (χ1v) is 7.73. The van der Waals surface area contributed by atoms with Gasteiger partial charge in [-0.1, -0.05) is 23.2 Å². The predicted octanol–water partition coefficient (Wildman–Crippen LogP) is 1.48. The molecule has 1 unspecified atom stereocenters. The van der Waals surface area contributed by atoms with Gasteiger partial charge in [0.15, 0.2) is 0 Å². The average molecular weight is 320 g/mol. The lowest BCUT2D eigenvalue weighted by Crippen LogP contribution is -2.52. The lowest BCUT2D eigenvalue weighted by atomic mass is 10.3. The predicted molar refractivity (Wildman–Crippen MR) is 72.6 cm³/mol. The molecule has 1 fully saturated rings. The van der Waals surface area contributed by atoms with Crippen LogP contribution in [0.3, 0.4) is 0 Å². The maximum absolute atomic E-state index is 12.5. The lowest BCUT2D eigenvalue weighted by Gasteiger charge is -2.31. The fourth-order valence-corrected chi connectivity index (χ4v) is 4.16. The van der Waals surface area contributed by atoms with E-state index in [4.69, 9.17) is 28.5 Å². The lowest BCUT2D eigenvalue weighted by molar-refractivity contribution is 0.312. The van der Waals surface area contributed by atoms with Gasteiger partial charge in [-0.15, -0.1) is 0 Å². The van der Waals surface area contributed by atoms with Gasteiger partial charge in [-0.05, 0) is 18.2 Å². The van der Waals surface area contributed by atoms with E-state index in [-0.39, 0.29) is 21.5 Å². The largest absolute Gasteiger partial charge is 0.313 e. The Hall–Kier alpha value is -0.840. The van der Waals surface area contributed by atoms with Crippen molar-refractivity contribution >= 4 is 33.2 Å². The molecule has 5 nitrogen and oxygen atoms in total. The molecule has 0 aliphatic carbocycles. The molecular weight excluding hydrogens is 309 g/mol. The second-order valence-electron chi connectivity index (χ2n) is 4.04. The number of nitriles is 1. The second kappa shape index (κ2) is 5.65. The summed E-state index contributed by atoms with van der Waals surface area (Å²) in [4.78, 5) is -0.0659. The van der Waals surface area contributed by atoms with Crippen molar-refractivity contribution in [3.63, 3.8) is 0 Å². The zero-order valence-electron chi connectivity index (χ0n) is 9.81. The molecule has 19 heavy (non-hydrogen) atoms. The van der Waals surface area contributed by atoms with Crippen LogP contribution in [-0.4, -0.2) is 38.4 Å². The molecule has 0 spiro atoms. The van der Waals surface area contributed by atoms with Gasteiger partial charge < -0.3 is 5.32 Å². The van der Waals surface area contributed by atoms with Gasteiger partial charge in [0.25, 0.3) is 0 Å². The van der Waals surface area contributed by atoms with Crippen LogP contribution in [0.4, 0.5) is 0 Å². The van der Waals surface area contributed by atoms with E-state index in [1.54, 1.807) is 0 Å². The summed E-state index contributed by atoms with van der Waals surface area (Å²) in [6.07, 6.45) is 0. The van der Waals surface area contributed by atoms with Crippen LogP contribution in [-0.2, 0) is 10.0 Å². The highest BCUT2D eigenvalue weighted by Gasteiger charge is 2.34. The molecule has 1 heterocycles. The van der Waals surface area contributed by atoms with E-state index < -0.39 is 16.1 Å². The quantitative estimate of drug-likeness (QED) is 0.896. The zero-order valence-corrected chi connectivity index (χ0v) is 12.1. The molecule has 0 aromatic heterocycles. The number of halogens is 2. The molecule has 1 atom stereocenters. The normalized spacial score (nSPS) is 21.0. The fraction of sp³-hybridized carbons (Fsp3) is 0.364. The molecule has 0 saturated carbocycles. The smallest absolute Gasteiger partial charge is 0.245 e. The third-order valence-electron chi connectivity index (χ3n) is 2.82. The molecule has 2 rings (SSSR count). The first-order chi connectivity index (χ1) is 8.96. The summed E-state index contributed by atoms with van der Waals surface area (Å²) in [5, 5.41) is 12.4. The Labute approximate surface area is 121 Å². The molecule has 8 heteroatoms. The number of piperazine rings is 1. The average Bonchev–Trinajstić information content (AvgIpc) is 2.41. The fourth-order valence-electron chi connectivity index (χ4n) is 1.88. The Kier molecular flexibility index (Phi) is 4.33. The third-order valence-corrected chi connectivity index (χ3v) is 5.45. The maximum atomic E-state index is 12.5. The molecule has 1 aliphatic rings. The number of hydrogen-bond acceptors (Lipinski definition) is 4. The number of benzene rings is 1. The highest BCUT2D eigenvalue weighted by Crippen LogP contribution is 2.28. The zero-order chi connectivity index (χ0) is 14.0. The number of sulfonamides is 1. The van der Waals surface area contributed by atoms with Crippen molar-refractivity contribution in [3.05, 3.63) is 28.2 Å². The first kappa shape index (κ1) is 14.6. The number of nitrogens with zero attached hydrogens (tertiary/aromatic N) is 2. The van der Waals surface area contributed by atoms with Crippen LogP contribution in [0.15, 0.2) is 23.1 Å². The van der Waals surface area contributed by atoms with E-state index >= 15 is 0 Å². The molecule has 0 bridgehead atoms. The van der Waals surface area contributed by atoms with Crippen LogP contribution in [0.2, 0.25) is 10.0 Å². The summed E-state index contributed by atoms with van der Waals surface area (Å²) in [5.74, 6) is 0. The molecule has 0 radical (unpaired) electrons. The Bertz CT molecular complexity index is 627. The van der Waals surface area contributed by atoms with Gasteiger partial charge in [0, 0.05) is 24.7 Å². The molecule has 1 aromatic rings. The topological polar surface area (TPSA) is 73.2 Å². The van der Waals surface area contributed by atoms with E-state index in [1.807, 2.05) is 6.07 Å². The molecule has 1 aliphatic heterocycles. The van der Waals surface area contributed by atoms with Crippen molar-refractivity contribution < 1.29 is 8.42 Å². The Balaban J connectivity index is 2.47. The minimum atomic E-state index is -3.82. The number of rotatable bonds is 2. The minimum Gasteiger partial charge on any atom is -0.313 e. The maximum Gasteiger partial charge on any atom is 0.245 e. The summed E-state index contributed by atoms with van der Waals surface area (Å²) in [6, 6.07) is 5.48. The van der Waals surface area contributed by atoms with Gasteiger partial charge in [0.1, 0.15) is 10.9 Å².